The minimum Gasteiger partial charge on any atom is -0.314 e. The van der Waals surface area contributed by atoms with Crippen LogP contribution in [0.25, 0.3) is 0 Å². The molecule has 1 aliphatic heterocycles. The number of benzene rings is 1. The summed E-state index contributed by atoms with van der Waals surface area (Å²) in [6, 6.07) is 4.92. The molecule has 0 radical (unpaired) electrons. The number of halogens is 3. The van der Waals surface area contributed by atoms with Gasteiger partial charge in [0.05, 0.1) is 6.04 Å². The molecule has 1 fully saturated rings. The van der Waals surface area contributed by atoms with E-state index in [-0.39, 0.29) is 6.04 Å². The first-order chi connectivity index (χ1) is 8.22. The summed E-state index contributed by atoms with van der Waals surface area (Å²) in [4.78, 5) is 2.11. The fourth-order valence-electron chi connectivity index (χ4n) is 2.14. The van der Waals surface area contributed by atoms with E-state index in [2.05, 4.69) is 10.2 Å². The maximum Gasteiger partial charge on any atom is 0.109 e. The van der Waals surface area contributed by atoms with Gasteiger partial charge in [0.1, 0.15) is 6.67 Å². The van der Waals surface area contributed by atoms with Gasteiger partial charge < -0.3 is 5.32 Å². The fourth-order valence-corrected chi connectivity index (χ4v) is 2.57. The maximum absolute atomic E-state index is 13.3. The highest BCUT2D eigenvalue weighted by molar-refractivity contribution is 6.33. The van der Waals surface area contributed by atoms with Crippen molar-refractivity contribution in [3.05, 3.63) is 33.8 Å². The molecule has 0 amide bonds. The number of nitrogens with one attached hydrogen (secondary N) is 1. The second-order valence-electron chi connectivity index (χ2n) is 4.12. The van der Waals surface area contributed by atoms with Crippen LogP contribution in [-0.4, -0.2) is 37.8 Å². The molecule has 17 heavy (non-hydrogen) atoms. The number of hydrogen-bond donors (Lipinski definition) is 1. The smallest absolute Gasteiger partial charge is 0.109 e. The molecule has 94 valence electrons. The standard InChI is InChI=1S/C12H15Cl2FN2/c13-9-1-2-11(14)10(7-9)12(8-15)17-5-3-16-4-6-17/h1-2,7,12,16H,3-6,8H2/t12-/m1/s1. The monoisotopic (exact) mass is 276 g/mol. The second-order valence-corrected chi connectivity index (χ2v) is 4.97. The van der Waals surface area contributed by atoms with Crippen LogP contribution in [0.2, 0.25) is 10.0 Å². The lowest BCUT2D eigenvalue weighted by Gasteiger charge is -2.34. The van der Waals surface area contributed by atoms with Gasteiger partial charge in [-0.1, -0.05) is 23.2 Å². The van der Waals surface area contributed by atoms with Gasteiger partial charge in [-0.15, -0.1) is 0 Å². The maximum atomic E-state index is 13.3. The van der Waals surface area contributed by atoms with Crippen molar-refractivity contribution in [2.45, 2.75) is 6.04 Å². The van der Waals surface area contributed by atoms with Gasteiger partial charge in [-0.2, -0.15) is 0 Å². The minimum atomic E-state index is -0.444. The highest BCUT2D eigenvalue weighted by atomic mass is 35.5. The minimum absolute atomic E-state index is 0.289. The summed E-state index contributed by atoms with van der Waals surface area (Å²) in [7, 11) is 0. The van der Waals surface area contributed by atoms with Crippen LogP contribution in [0, 0.1) is 0 Å². The van der Waals surface area contributed by atoms with E-state index in [0.717, 1.165) is 31.7 Å². The first-order valence-electron chi connectivity index (χ1n) is 5.68. The Kier molecular flexibility index (Phi) is 4.62. The fraction of sp³-hybridized carbons (Fsp3) is 0.500. The summed E-state index contributed by atoms with van der Waals surface area (Å²) >= 11 is 12.1. The van der Waals surface area contributed by atoms with Gasteiger partial charge in [-0.3, -0.25) is 4.90 Å². The van der Waals surface area contributed by atoms with Gasteiger partial charge in [0.25, 0.3) is 0 Å². The summed E-state index contributed by atoms with van der Waals surface area (Å²) in [6.07, 6.45) is 0. The summed E-state index contributed by atoms with van der Waals surface area (Å²) in [6.45, 7) is 2.98. The van der Waals surface area contributed by atoms with Crippen LogP contribution in [0.5, 0.6) is 0 Å². The van der Waals surface area contributed by atoms with E-state index in [4.69, 9.17) is 23.2 Å². The SMILES string of the molecule is FC[C@H](c1cc(Cl)ccc1Cl)N1CCNCC1. The molecule has 1 aromatic rings. The van der Waals surface area contributed by atoms with Gasteiger partial charge in [-0.25, -0.2) is 4.39 Å². The molecule has 0 unspecified atom stereocenters. The van der Waals surface area contributed by atoms with Crippen molar-refractivity contribution in [3.63, 3.8) is 0 Å². The Balaban J connectivity index is 2.24. The quantitative estimate of drug-likeness (QED) is 0.913. The molecule has 1 atom stereocenters. The lowest BCUT2D eigenvalue weighted by Crippen LogP contribution is -2.45. The summed E-state index contributed by atoms with van der Waals surface area (Å²) in [5.41, 5.74) is 0.781. The molecule has 1 N–H and O–H groups in total. The third kappa shape index (κ3) is 3.10. The number of piperazine rings is 1. The molecule has 0 spiro atoms. The molecular formula is C12H15Cl2FN2. The van der Waals surface area contributed by atoms with Crippen molar-refractivity contribution in [1.29, 1.82) is 0 Å². The topological polar surface area (TPSA) is 15.3 Å². The van der Waals surface area contributed by atoms with Gasteiger partial charge >= 0.3 is 0 Å². The first kappa shape index (κ1) is 13.1. The Morgan fingerprint density at radius 1 is 1.29 bits per heavy atom. The molecule has 1 aliphatic rings. The molecule has 0 aromatic heterocycles. The highest BCUT2D eigenvalue weighted by Gasteiger charge is 2.24. The van der Waals surface area contributed by atoms with Crippen LogP contribution in [0.3, 0.4) is 0 Å². The summed E-state index contributed by atoms with van der Waals surface area (Å²) < 4.78 is 13.3. The van der Waals surface area contributed by atoms with Crippen molar-refractivity contribution in [3.8, 4) is 0 Å². The van der Waals surface area contributed by atoms with Crippen molar-refractivity contribution in [2.24, 2.45) is 0 Å². The predicted octanol–water partition coefficient (Wildman–Crippen LogP) is 2.91. The van der Waals surface area contributed by atoms with E-state index < -0.39 is 6.67 Å². The zero-order valence-electron chi connectivity index (χ0n) is 9.43. The van der Waals surface area contributed by atoms with E-state index in [1.165, 1.54) is 0 Å². The Hall–Kier alpha value is -0.350. The van der Waals surface area contributed by atoms with Crippen molar-refractivity contribution < 1.29 is 4.39 Å². The summed E-state index contributed by atoms with van der Waals surface area (Å²) in [5.74, 6) is 0. The Labute approximate surface area is 111 Å². The van der Waals surface area contributed by atoms with Gasteiger partial charge in [0.15, 0.2) is 0 Å². The lowest BCUT2D eigenvalue weighted by atomic mass is 10.1. The van der Waals surface area contributed by atoms with Gasteiger partial charge in [-0.05, 0) is 23.8 Å². The number of hydrogen-bond acceptors (Lipinski definition) is 2. The average Bonchev–Trinajstić information content (AvgIpc) is 2.36. The van der Waals surface area contributed by atoms with Gasteiger partial charge in [0.2, 0.25) is 0 Å². The summed E-state index contributed by atoms with van der Waals surface area (Å²) in [5, 5.41) is 4.42. The Morgan fingerprint density at radius 3 is 2.65 bits per heavy atom. The zero-order chi connectivity index (χ0) is 12.3. The van der Waals surface area contributed by atoms with Crippen molar-refractivity contribution >= 4 is 23.2 Å². The van der Waals surface area contributed by atoms with Gasteiger partial charge in [0, 0.05) is 36.2 Å². The van der Waals surface area contributed by atoms with Crippen LogP contribution in [0.15, 0.2) is 18.2 Å². The molecule has 1 saturated heterocycles. The predicted molar refractivity (Wildman–Crippen MR) is 69.6 cm³/mol. The average molecular weight is 277 g/mol. The molecular weight excluding hydrogens is 262 g/mol. The van der Waals surface area contributed by atoms with E-state index in [9.17, 15) is 4.39 Å². The van der Waals surface area contributed by atoms with E-state index in [1.807, 2.05) is 0 Å². The molecule has 0 bridgehead atoms. The van der Waals surface area contributed by atoms with Crippen molar-refractivity contribution in [2.75, 3.05) is 32.9 Å². The van der Waals surface area contributed by atoms with Crippen LogP contribution in [-0.2, 0) is 0 Å². The normalized spacial score (nSPS) is 19.2. The van der Waals surface area contributed by atoms with Crippen molar-refractivity contribution in [1.82, 2.24) is 10.2 Å². The van der Waals surface area contributed by atoms with E-state index >= 15 is 0 Å². The van der Waals surface area contributed by atoms with Crippen LogP contribution < -0.4 is 5.32 Å². The van der Waals surface area contributed by atoms with E-state index in [1.54, 1.807) is 18.2 Å². The molecule has 1 heterocycles. The van der Waals surface area contributed by atoms with Crippen LogP contribution in [0.1, 0.15) is 11.6 Å². The lowest BCUT2D eigenvalue weighted by molar-refractivity contribution is 0.147. The van der Waals surface area contributed by atoms with Crippen LogP contribution in [0.4, 0.5) is 4.39 Å². The molecule has 0 saturated carbocycles. The second kappa shape index (κ2) is 6.01. The number of nitrogens with zero attached hydrogens (tertiary/aromatic N) is 1. The zero-order valence-corrected chi connectivity index (χ0v) is 10.9. The molecule has 5 heteroatoms. The Morgan fingerprint density at radius 2 is 2.00 bits per heavy atom. The Bertz CT molecular complexity index is 381. The number of rotatable bonds is 3. The van der Waals surface area contributed by atoms with E-state index in [0.29, 0.717) is 10.0 Å². The third-order valence-corrected chi connectivity index (χ3v) is 3.63. The molecule has 2 rings (SSSR count). The first-order valence-corrected chi connectivity index (χ1v) is 6.43. The van der Waals surface area contributed by atoms with Crippen LogP contribution >= 0.6 is 23.2 Å². The largest absolute Gasteiger partial charge is 0.314 e. The highest BCUT2D eigenvalue weighted by Crippen LogP contribution is 2.30. The third-order valence-electron chi connectivity index (χ3n) is 3.06. The molecule has 1 aromatic carbocycles. The molecule has 2 nitrogen and oxygen atoms in total. The molecule has 0 aliphatic carbocycles. The number of alkyl halides is 1.